The zero-order valence-corrected chi connectivity index (χ0v) is 5.38. The van der Waals surface area contributed by atoms with Gasteiger partial charge in [-0.1, -0.05) is 0 Å². The van der Waals surface area contributed by atoms with Crippen LogP contribution in [-0.4, -0.2) is 0 Å². The third kappa shape index (κ3) is 9.22. The molecule has 0 rings (SSSR count). The van der Waals surface area contributed by atoms with Gasteiger partial charge in [0.1, 0.15) is 0 Å². The molecule has 0 fully saturated rings. The van der Waals surface area contributed by atoms with Gasteiger partial charge in [0.2, 0.25) is 0 Å². The van der Waals surface area contributed by atoms with E-state index in [1.54, 1.807) is 0 Å². The van der Waals surface area contributed by atoms with Crippen LogP contribution >= 0.6 is 10.6 Å². The zero-order chi connectivity index (χ0) is 2.00. The van der Waals surface area contributed by atoms with Crippen LogP contribution in [0.1, 0.15) is 0 Å². The minimum absolute atomic E-state index is 0. The Hall–Kier alpha value is 1.78. The molecule has 1 radical (unpaired) electrons. The van der Waals surface area contributed by atoms with Crippen LogP contribution in [0.3, 0.4) is 0 Å². The second-order valence-electron chi connectivity index (χ2n) is 0. The summed E-state index contributed by atoms with van der Waals surface area (Å²) in [6, 6.07) is 0. The molecular formula is CuFe2S. The maximum atomic E-state index is 3.83. The zero-order valence-electron chi connectivity index (χ0n) is 1.42. The summed E-state index contributed by atoms with van der Waals surface area (Å²) in [5.74, 6) is 0. The van der Waals surface area contributed by atoms with E-state index in [-0.39, 0.29) is 34.1 Å². The molecule has 33 valence electrons. The summed E-state index contributed by atoms with van der Waals surface area (Å²) in [5.41, 5.74) is 0. The van der Waals surface area contributed by atoms with Crippen LogP contribution in [0.25, 0.3) is 0 Å². The van der Waals surface area contributed by atoms with E-state index in [1.165, 1.54) is 0 Å². The fourth-order valence-electron chi connectivity index (χ4n) is 0. The van der Waals surface area contributed by atoms with Crippen molar-refractivity contribution in [3.05, 3.63) is 0 Å². The molecule has 0 atom stereocenters. The molecule has 0 aliphatic heterocycles. The van der Waals surface area contributed by atoms with Crippen molar-refractivity contribution >= 4 is 10.6 Å². The van der Waals surface area contributed by atoms with Gasteiger partial charge in [-0.25, -0.2) is 0 Å². The van der Waals surface area contributed by atoms with Crippen LogP contribution in [-0.2, 0) is 48.5 Å². The van der Waals surface area contributed by atoms with Gasteiger partial charge in [0.05, 0.1) is 0 Å². The van der Waals surface area contributed by atoms with Crippen molar-refractivity contribution in [3.63, 3.8) is 0 Å². The van der Waals surface area contributed by atoms with Crippen LogP contribution in [0.5, 0.6) is 0 Å². The van der Waals surface area contributed by atoms with Gasteiger partial charge in [0, 0.05) is 34.1 Å². The van der Waals surface area contributed by atoms with Crippen molar-refractivity contribution < 1.29 is 48.5 Å². The molecule has 0 N–H and O–H groups in total. The first-order chi connectivity index (χ1) is 1.00. The van der Waals surface area contributed by atoms with Crippen molar-refractivity contribution in [3.8, 4) is 0 Å². The van der Waals surface area contributed by atoms with Crippen LogP contribution in [0.2, 0.25) is 0 Å². The average Bonchev–Trinajstić information content (AvgIpc) is 1.00. The van der Waals surface area contributed by atoms with E-state index in [4.69, 9.17) is 0 Å². The van der Waals surface area contributed by atoms with Gasteiger partial charge in [-0.05, 0) is 0 Å². The average molecular weight is 207 g/mol. The van der Waals surface area contributed by atoms with Crippen molar-refractivity contribution in [2.75, 3.05) is 0 Å². The topological polar surface area (TPSA) is 0 Å². The van der Waals surface area contributed by atoms with E-state index in [0.717, 1.165) is 0 Å². The molecule has 0 aromatic rings. The van der Waals surface area contributed by atoms with Crippen molar-refractivity contribution in [2.45, 2.75) is 0 Å². The quantitative estimate of drug-likeness (QED) is 0.525. The SMILES string of the molecule is [Cu].[Fe].[S]=[Fe]. The summed E-state index contributed by atoms with van der Waals surface area (Å²) in [7, 11) is 3.83. The summed E-state index contributed by atoms with van der Waals surface area (Å²) in [6.07, 6.45) is 0. The standard InChI is InChI=1S/Cu.2Fe.S. The molecule has 4 heavy (non-hydrogen) atoms. The molecule has 0 amide bonds. The van der Waals surface area contributed by atoms with Gasteiger partial charge in [-0.15, -0.1) is 0 Å². The van der Waals surface area contributed by atoms with Crippen LogP contribution in [0.4, 0.5) is 0 Å². The normalized spacial score (nSPS) is 1.25. The summed E-state index contributed by atoms with van der Waals surface area (Å²) in [5, 5.41) is 0. The van der Waals surface area contributed by atoms with Gasteiger partial charge < -0.3 is 0 Å². The fourth-order valence-corrected chi connectivity index (χ4v) is 0. The van der Waals surface area contributed by atoms with Crippen LogP contribution in [0.15, 0.2) is 0 Å². The first-order valence-corrected chi connectivity index (χ1v) is 1.79. The van der Waals surface area contributed by atoms with E-state index in [1.807, 2.05) is 0 Å². The van der Waals surface area contributed by atoms with E-state index in [9.17, 15) is 0 Å². The molecule has 0 nitrogen and oxygen atoms in total. The van der Waals surface area contributed by atoms with Gasteiger partial charge in [-0.3, -0.25) is 0 Å². The first-order valence-electron chi connectivity index (χ1n) is 0.144. The number of rotatable bonds is 0. The maximum absolute atomic E-state index is 3.83. The van der Waals surface area contributed by atoms with Gasteiger partial charge in [0.25, 0.3) is 0 Å². The third-order valence-corrected chi connectivity index (χ3v) is 0. The Kier molecular flexibility index (Phi) is 92.2. The van der Waals surface area contributed by atoms with E-state index in [2.05, 4.69) is 24.9 Å². The molecule has 0 aliphatic rings. The van der Waals surface area contributed by atoms with E-state index < -0.39 is 0 Å². The molecule has 0 saturated carbocycles. The number of hydrogen-bond acceptors (Lipinski definition) is 1. The Morgan fingerprint density at radius 2 is 1.25 bits per heavy atom. The molecule has 0 aromatic carbocycles. The molecule has 0 spiro atoms. The first kappa shape index (κ1) is 17.1. The van der Waals surface area contributed by atoms with Crippen LogP contribution < -0.4 is 0 Å². The van der Waals surface area contributed by atoms with Crippen molar-refractivity contribution in [1.82, 2.24) is 0 Å². The second-order valence-corrected chi connectivity index (χ2v) is 0. The van der Waals surface area contributed by atoms with E-state index >= 15 is 0 Å². The van der Waals surface area contributed by atoms with Gasteiger partial charge in [0.15, 0.2) is 0 Å². The van der Waals surface area contributed by atoms with Gasteiger partial charge in [-0.2, -0.15) is 0 Å². The molecule has 4 heteroatoms. The van der Waals surface area contributed by atoms with Gasteiger partial charge >= 0.3 is 24.9 Å². The Bertz CT molecular complexity index is 6.00. The predicted molar refractivity (Wildman–Crippen MR) is 7.59 cm³/mol. The summed E-state index contributed by atoms with van der Waals surface area (Å²) in [6.45, 7) is 0. The molecule has 0 bridgehead atoms. The summed E-state index contributed by atoms with van der Waals surface area (Å²) < 4.78 is 0. The molecule has 0 heterocycles. The molecule has 0 saturated heterocycles. The molecule has 0 aromatic heterocycles. The summed E-state index contributed by atoms with van der Waals surface area (Å²) in [4.78, 5) is 0. The monoisotopic (exact) mass is 207 g/mol. The fraction of sp³-hybridized carbons (Fsp3) is 0. The third-order valence-electron chi connectivity index (χ3n) is 0. The predicted octanol–water partition coefficient (Wildman–Crippen LogP) is 0.641. The number of hydrogen-bond donors (Lipinski definition) is 0. The Morgan fingerprint density at radius 3 is 1.25 bits per heavy atom. The Balaban J connectivity index is -0.00000000500. The Morgan fingerprint density at radius 1 is 1.25 bits per heavy atom. The molecular weight excluding hydrogens is 207 g/mol. The second kappa shape index (κ2) is 21.6. The molecule has 0 aliphatic carbocycles. The van der Waals surface area contributed by atoms with Crippen molar-refractivity contribution in [2.24, 2.45) is 0 Å². The van der Waals surface area contributed by atoms with Crippen LogP contribution in [0, 0.1) is 0 Å². The van der Waals surface area contributed by atoms with Crippen molar-refractivity contribution in [1.29, 1.82) is 0 Å². The molecule has 0 unspecified atom stereocenters. The Labute approximate surface area is 58.7 Å². The van der Waals surface area contributed by atoms with E-state index in [0.29, 0.717) is 0 Å². The summed E-state index contributed by atoms with van der Waals surface area (Å²) >= 11 is 2.83. The minimum atomic E-state index is 0.